The first-order chi connectivity index (χ1) is 5.93. The molecule has 0 saturated carbocycles. The van der Waals surface area contributed by atoms with Gasteiger partial charge in [0, 0.05) is 0 Å². The first kappa shape index (κ1) is 8.90. The Kier molecular flexibility index (Phi) is 4.05. The molecular weight excluding hydrogens is 154 g/mol. The van der Waals surface area contributed by atoms with Crippen molar-refractivity contribution in [1.29, 1.82) is 0 Å². The van der Waals surface area contributed by atoms with Gasteiger partial charge in [-0.25, -0.2) is 4.98 Å². The number of unbranched alkanes of at least 4 members (excludes halogenated alkanes) is 2. The minimum atomic E-state index is 0.418. The van der Waals surface area contributed by atoms with E-state index in [1.54, 1.807) is 0 Å². The molecule has 0 aliphatic carbocycles. The molecule has 0 aromatic carbocycles. The summed E-state index contributed by atoms with van der Waals surface area (Å²) in [5, 5.41) is 0. The van der Waals surface area contributed by atoms with Crippen molar-refractivity contribution in [2.45, 2.75) is 26.2 Å². The standard InChI is InChI=1S/C8H13N3O/c1-2-3-4-5-12-8-10-6-9-7-11-8/h6-7H,2-5H2,1H3. The van der Waals surface area contributed by atoms with Gasteiger partial charge in [-0.15, -0.1) is 0 Å². The molecule has 0 aliphatic heterocycles. The van der Waals surface area contributed by atoms with Crippen LogP contribution >= 0.6 is 0 Å². The van der Waals surface area contributed by atoms with Crippen LogP contribution in [0.3, 0.4) is 0 Å². The molecule has 0 radical (unpaired) electrons. The molecule has 1 heterocycles. The van der Waals surface area contributed by atoms with Crippen LogP contribution in [0.1, 0.15) is 26.2 Å². The Morgan fingerprint density at radius 3 is 2.67 bits per heavy atom. The lowest BCUT2D eigenvalue weighted by Gasteiger charge is -2.01. The lowest BCUT2D eigenvalue weighted by atomic mass is 10.3. The van der Waals surface area contributed by atoms with Gasteiger partial charge in [0.2, 0.25) is 0 Å². The molecule has 0 amide bonds. The maximum atomic E-state index is 5.25. The number of nitrogens with zero attached hydrogens (tertiary/aromatic N) is 3. The summed E-state index contributed by atoms with van der Waals surface area (Å²) in [5.74, 6) is 0. The van der Waals surface area contributed by atoms with E-state index in [4.69, 9.17) is 4.74 Å². The SMILES string of the molecule is CCCCCOc1ncncn1. The Balaban J connectivity index is 2.16. The summed E-state index contributed by atoms with van der Waals surface area (Å²) >= 11 is 0. The topological polar surface area (TPSA) is 47.9 Å². The molecule has 0 atom stereocenters. The first-order valence-corrected chi connectivity index (χ1v) is 4.18. The predicted molar refractivity (Wildman–Crippen MR) is 44.8 cm³/mol. The van der Waals surface area contributed by atoms with Gasteiger partial charge in [0.05, 0.1) is 6.61 Å². The van der Waals surface area contributed by atoms with Crippen molar-refractivity contribution < 1.29 is 4.74 Å². The van der Waals surface area contributed by atoms with E-state index >= 15 is 0 Å². The number of hydrogen-bond donors (Lipinski definition) is 0. The third-order valence-corrected chi connectivity index (χ3v) is 1.45. The fourth-order valence-electron chi connectivity index (χ4n) is 0.819. The molecule has 0 unspecified atom stereocenters. The molecule has 1 rings (SSSR count). The van der Waals surface area contributed by atoms with Crippen molar-refractivity contribution in [2.24, 2.45) is 0 Å². The quantitative estimate of drug-likeness (QED) is 0.622. The Morgan fingerprint density at radius 2 is 2.00 bits per heavy atom. The zero-order valence-electron chi connectivity index (χ0n) is 7.23. The molecule has 12 heavy (non-hydrogen) atoms. The third-order valence-electron chi connectivity index (χ3n) is 1.45. The van der Waals surface area contributed by atoms with E-state index in [1.807, 2.05) is 0 Å². The molecule has 0 bridgehead atoms. The average Bonchev–Trinajstić information content (AvgIpc) is 2.14. The summed E-state index contributed by atoms with van der Waals surface area (Å²) in [4.78, 5) is 11.4. The van der Waals surface area contributed by atoms with Crippen molar-refractivity contribution in [1.82, 2.24) is 15.0 Å². The highest BCUT2D eigenvalue weighted by Crippen LogP contribution is 1.99. The lowest BCUT2D eigenvalue weighted by Crippen LogP contribution is -2.00. The smallest absolute Gasteiger partial charge is 0.319 e. The Hall–Kier alpha value is -1.19. The van der Waals surface area contributed by atoms with Gasteiger partial charge in [0.15, 0.2) is 0 Å². The van der Waals surface area contributed by atoms with Crippen molar-refractivity contribution in [3.05, 3.63) is 12.7 Å². The number of ether oxygens (including phenoxy) is 1. The van der Waals surface area contributed by atoms with Crippen LogP contribution in [0.25, 0.3) is 0 Å². The molecule has 0 saturated heterocycles. The van der Waals surface area contributed by atoms with Crippen LogP contribution in [0.2, 0.25) is 0 Å². The van der Waals surface area contributed by atoms with E-state index < -0.39 is 0 Å². The van der Waals surface area contributed by atoms with E-state index in [2.05, 4.69) is 21.9 Å². The van der Waals surface area contributed by atoms with Crippen molar-refractivity contribution >= 4 is 0 Å². The second-order valence-electron chi connectivity index (χ2n) is 2.48. The van der Waals surface area contributed by atoms with E-state index in [1.165, 1.54) is 25.5 Å². The maximum Gasteiger partial charge on any atom is 0.319 e. The maximum absolute atomic E-state index is 5.25. The van der Waals surface area contributed by atoms with Gasteiger partial charge in [0.25, 0.3) is 0 Å². The van der Waals surface area contributed by atoms with Crippen LogP contribution < -0.4 is 4.74 Å². The van der Waals surface area contributed by atoms with Crippen LogP contribution in [0.15, 0.2) is 12.7 Å². The van der Waals surface area contributed by atoms with E-state index in [-0.39, 0.29) is 0 Å². The predicted octanol–water partition coefficient (Wildman–Crippen LogP) is 1.44. The monoisotopic (exact) mass is 167 g/mol. The highest BCUT2D eigenvalue weighted by molar-refractivity contribution is 4.86. The van der Waals surface area contributed by atoms with Crippen molar-refractivity contribution in [3.63, 3.8) is 0 Å². The second-order valence-corrected chi connectivity index (χ2v) is 2.48. The van der Waals surface area contributed by atoms with Crippen LogP contribution in [0.5, 0.6) is 6.01 Å². The van der Waals surface area contributed by atoms with Gasteiger partial charge in [-0.2, -0.15) is 9.97 Å². The first-order valence-electron chi connectivity index (χ1n) is 4.18. The van der Waals surface area contributed by atoms with Gasteiger partial charge in [0.1, 0.15) is 12.7 Å². The molecule has 1 aromatic rings. The minimum absolute atomic E-state index is 0.418. The zero-order chi connectivity index (χ0) is 8.65. The fraction of sp³-hybridized carbons (Fsp3) is 0.625. The molecule has 66 valence electrons. The Morgan fingerprint density at radius 1 is 1.25 bits per heavy atom. The number of rotatable bonds is 5. The molecule has 4 nitrogen and oxygen atoms in total. The van der Waals surface area contributed by atoms with Gasteiger partial charge in [-0.3, -0.25) is 0 Å². The summed E-state index contributed by atoms with van der Waals surface area (Å²) in [5.41, 5.74) is 0. The second kappa shape index (κ2) is 5.46. The van der Waals surface area contributed by atoms with E-state index in [0.717, 1.165) is 6.42 Å². The van der Waals surface area contributed by atoms with E-state index in [0.29, 0.717) is 12.6 Å². The van der Waals surface area contributed by atoms with Gasteiger partial charge >= 0.3 is 6.01 Å². The summed E-state index contributed by atoms with van der Waals surface area (Å²) in [6.45, 7) is 2.85. The highest BCUT2D eigenvalue weighted by atomic mass is 16.5. The normalized spacial score (nSPS) is 9.75. The summed E-state index contributed by atoms with van der Waals surface area (Å²) < 4.78 is 5.25. The largest absolute Gasteiger partial charge is 0.463 e. The highest BCUT2D eigenvalue weighted by Gasteiger charge is 1.93. The van der Waals surface area contributed by atoms with Gasteiger partial charge < -0.3 is 4.74 Å². The molecule has 0 N–H and O–H groups in total. The fourth-order valence-corrected chi connectivity index (χ4v) is 0.819. The average molecular weight is 167 g/mol. The summed E-state index contributed by atoms with van der Waals surface area (Å²) in [6, 6.07) is 0.418. The van der Waals surface area contributed by atoms with Crippen molar-refractivity contribution in [3.8, 4) is 6.01 Å². The van der Waals surface area contributed by atoms with Crippen molar-refractivity contribution in [2.75, 3.05) is 6.61 Å². The van der Waals surface area contributed by atoms with Crippen LogP contribution in [0.4, 0.5) is 0 Å². The van der Waals surface area contributed by atoms with E-state index in [9.17, 15) is 0 Å². The zero-order valence-corrected chi connectivity index (χ0v) is 7.23. The van der Waals surface area contributed by atoms with Crippen LogP contribution in [-0.4, -0.2) is 21.6 Å². The Labute approximate surface area is 72.0 Å². The summed E-state index contributed by atoms with van der Waals surface area (Å²) in [6.07, 6.45) is 6.30. The molecule has 0 aliphatic rings. The third kappa shape index (κ3) is 3.27. The molecule has 1 aromatic heterocycles. The summed E-state index contributed by atoms with van der Waals surface area (Å²) in [7, 11) is 0. The van der Waals surface area contributed by atoms with Crippen LogP contribution in [0, 0.1) is 0 Å². The van der Waals surface area contributed by atoms with Crippen LogP contribution in [-0.2, 0) is 0 Å². The lowest BCUT2D eigenvalue weighted by molar-refractivity contribution is 0.281. The van der Waals surface area contributed by atoms with Gasteiger partial charge in [-0.05, 0) is 6.42 Å². The molecule has 4 heteroatoms. The number of aromatic nitrogens is 3. The number of hydrogen-bond acceptors (Lipinski definition) is 4. The molecule has 0 spiro atoms. The molecular formula is C8H13N3O. The minimum Gasteiger partial charge on any atom is -0.463 e. The van der Waals surface area contributed by atoms with Gasteiger partial charge in [-0.1, -0.05) is 19.8 Å². The Bertz CT molecular complexity index is 203. The molecule has 0 fully saturated rings.